The minimum absolute atomic E-state index is 0.0703. The molecule has 1 fully saturated rings. The van der Waals surface area contributed by atoms with Crippen molar-refractivity contribution in [3.63, 3.8) is 0 Å². The molecule has 1 saturated heterocycles. The van der Waals surface area contributed by atoms with Gasteiger partial charge in [0, 0.05) is 60.1 Å². The van der Waals surface area contributed by atoms with Gasteiger partial charge in [-0.1, -0.05) is 61.0 Å². The zero-order valence-electron chi connectivity index (χ0n) is 21.8. The van der Waals surface area contributed by atoms with Gasteiger partial charge in [-0.2, -0.15) is 0 Å². The monoisotopic (exact) mass is 525 g/mol. The van der Waals surface area contributed by atoms with Crippen LogP contribution in [0.2, 0.25) is 5.02 Å². The molecule has 0 spiro atoms. The van der Waals surface area contributed by atoms with Crippen LogP contribution in [-0.4, -0.2) is 47.1 Å². The van der Waals surface area contributed by atoms with Crippen LogP contribution in [0.15, 0.2) is 78.9 Å². The molecule has 0 radical (unpaired) electrons. The van der Waals surface area contributed by atoms with Gasteiger partial charge in [0.05, 0.1) is 0 Å². The largest absolute Gasteiger partial charge is 0.353 e. The van der Waals surface area contributed by atoms with Crippen molar-refractivity contribution in [1.29, 1.82) is 0 Å². The Kier molecular flexibility index (Phi) is 7.89. The molecule has 0 saturated carbocycles. The van der Waals surface area contributed by atoms with Crippen LogP contribution in [0.1, 0.15) is 29.3 Å². The SMILES string of the molecule is CCc1ccc(NC(=O)N2CCN(c3nc(-c4ccc(Cl)cc4)nc(C)c3Cc3ccccc3)CC2)cc1. The van der Waals surface area contributed by atoms with Crippen LogP contribution in [0.4, 0.5) is 16.3 Å². The van der Waals surface area contributed by atoms with E-state index in [0.29, 0.717) is 37.0 Å². The van der Waals surface area contributed by atoms with Crippen LogP contribution in [-0.2, 0) is 12.8 Å². The molecule has 194 valence electrons. The summed E-state index contributed by atoms with van der Waals surface area (Å²) in [6, 6.07) is 26.0. The third-order valence-corrected chi connectivity index (χ3v) is 7.25. The number of nitrogens with one attached hydrogen (secondary N) is 1. The van der Waals surface area contributed by atoms with Gasteiger partial charge in [-0.25, -0.2) is 14.8 Å². The summed E-state index contributed by atoms with van der Waals surface area (Å²) in [6.07, 6.45) is 1.72. The molecule has 0 bridgehead atoms. The molecule has 1 aliphatic heterocycles. The number of aryl methyl sites for hydroxylation is 2. The predicted octanol–water partition coefficient (Wildman–Crippen LogP) is 6.61. The van der Waals surface area contributed by atoms with E-state index in [4.69, 9.17) is 21.6 Å². The lowest BCUT2D eigenvalue weighted by Crippen LogP contribution is -2.50. The summed E-state index contributed by atoms with van der Waals surface area (Å²) in [5.74, 6) is 1.61. The summed E-state index contributed by atoms with van der Waals surface area (Å²) < 4.78 is 0. The van der Waals surface area contributed by atoms with Crippen LogP contribution in [0, 0.1) is 6.92 Å². The predicted molar refractivity (Wildman–Crippen MR) is 155 cm³/mol. The van der Waals surface area contributed by atoms with E-state index >= 15 is 0 Å². The summed E-state index contributed by atoms with van der Waals surface area (Å²) in [7, 11) is 0. The van der Waals surface area contributed by atoms with Gasteiger partial charge in [0.2, 0.25) is 0 Å². The highest BCUT2D eigenvalue weighted by Gasteiger charge is 2.25. The fourth-order valence-corrected chi connectivity index (χ4v) is 4.85. The number of benzene rings is 3. The van der Waals surface area contributed by atoms with E-state index in [9.17, 15) is 4.79 Å². The molecular formula is C31H32ClN5O. The molecule has 5 rings (SSSR count). The van der Waals surface area contributed by atoms with Crippen LogP contribution in [0.3, 0.4) is 0 Å². The lowest BCUT2D eigenvalue weighted by molar-refractivity contribution is 0.208. The topological polar surface area (TPSA) is 61.4 Å². The highest BCUT2D eigenvalue weighted by Crippen LogP contribution is 2.29. The minimum atomic E-state index is -0.0703. The average Bonchev–Trinajstić information content (AvgIpc) is 2.95. The number of carbonyl (C=O) groups is 1. The molecule has 0 unspecified atom stereocenters. The van der Waals surface area contributed by atoms with Crippen LogP contribution < -0.4 is 10.2 Å². The molecular weight excluding hydrogens is 494 g/mol. The van der Waals surface area contributed by atoms with Gasteiger partial charge in [-0.05, 0) is 60.9 Å². The first-order valence-electron chi connectivity index (χ1n) is 13.1. The van der Waals surface area contributed by atoms with Gasteiger partial charge in [-0.3, -0.25) is 0 Å². The molecule has 1 aromatic heterocycles. The Hall–Kier alpha value is -3.90. The fraction of sp³-hybridized carbons (Fsp3) is 0.258. The van der Waals surface area contributed by atoms with Crippen molar-refractivity contribution >= 4 is 29.1 Å². The number of carbonyl (C=O) groups excluding carboxylic acids is 1. The summed E-state index contributed by atoms with van der Waals surface area (Å²) in [4.78, 5) is 27.0. The minimum Gasteiger partial charge on any atom is -0.353 e. The Bertz CT molecular complexity index is 1380. The number of anilines is 2. The Morgan fingerprint density at radius 1 is 0.868 bits per heavy atom. The third kappa shape index (κ3) is 5.97. The number of halogens is 1. The molecule has 4 aromatic rings. The van der Waals surface area contributed by atoms with Gasteiger partial charge in [-0.15, -0.1) is 0 Å². The second-order valence-corrected chi connectivity index (χ2v) is 10.00. The smallest absolute Gasteiger partial charge is 0.321 e. The molecule has 6 nitrogen and oxygen atoms in total. The van der Waals surface area contributed by atoms with Gasteiger partial charge < -0.3 is 15.1 Å². The number of rotatable bonds is 6. The van der Waals surface area contributed by atoms with Crippen molar-refractivity contribution in [2.24, 2.45) is 0 Å². The van der Waals surface area contributed by atoms with E-state index in [1.54, 1.807) is 0 Å². The average molecular weight is 526 g/mol. The Morgan fingerprint density at radius 2 is 1.55 bits per heavy atom. The number of piperazine rings is 1. The molecule has 2 heterocycles. The van der Waals surface area contributed by atoms with Crippen molar-refractivity contribution < 1.29 is 4.79 Å². The Labute approximate surface area is 229 Å². The number of nitrogens with zero attached hydrogens (tertiary/aromatic N) is 4. The van der Waals surface area contributed by atoms with E-state index in [-0.39, 0.29) is 6.03 Å². The van der Waals surface area contributed by atoms with Gasteiger partial charge in [0.1, 0.15) is 5.82 Å². The van der Waals surface area contributed by atoms with E-state index in [1.807, 2.05) is 47.4 Å². The van der Waals surface area contributed by atoms with Crippen molar-refractivity contribution in [3.8, 4) is 11.4 Å². The number of hydrogen-bond acceptors (Lipinski definition) is 4. The first-order valence-corrected chi connectivity index (χ1v) is 13.4. The maximum Gasteiger partial charge on any atom is 0.321 e. The zero-order valence-corrected chi connectivity index (χ0v) is 22.6. The summed E-state index contributed by atoms with van der Waals surface area (Å²) in [5, 5.41) is 3.72. The summed E-state index contributed by atoms with van der Waals surface area (Å²) >= 11 is 6.12. The van der Waals surface area contributed by atoms with Crippen LogP contribution >= 0.6 is 11.6 Å². The fourth-order valence-electron chi connectivity index (χ4n) is 4.73. The zero-order chi connectivity index (χ0) is 26.5. The van der Waals surface area contributed by atoms with E-state index in [1.165, 1.54) is 11.1 Å². The highest BCUT2D eigenvalue weighted by atomic mass is 35.5. The third-order valence-electron chi connectivity index (χ3n) is 7.00. The molecule has 1 N–H and O–H groups in total. The molecule has 0 atom stereocenters. The number of amides is 2. The maximum atomic E-state index is 13.0. The molecule has 0 aliphatic carbocycles. The first-order chi connectivity index (χ1) is 18.5. The maximum absolute atomic E-state index is 13.0. The van der Waals surface area contributed by atoms with Gasteiger partial charge in [0.25, 0.3) is 0 Å². The Morgan fingerprint density at radius 3 is 2.21 bits per heavy atom. The van der Waals surface area contributed by atoms with Crippen molar-refractivity contribution in [3.05, 3.63) is 106 Å². The first kappa shape index (κ1) is 25.7. The lowest BCUT2D eigenvalue weighted by atomic mass is 10.0. The number of aromatic nitrogens is 2. The van der Waals surface area contributed by atoms with E-state index < -0.39 is 0 Å². The summed E-state index contributed by atoms with van der Waals surface area (Å²) in [6.45, 7) is 6.79. The van der Waals surface area contributed by atoms with Gasteiger partial charge in [0.15, 0.2) is 5.82 Å². The van der Waals surface area contributed by atoms with E-state index in [0.717, 1.165) is 41.2 Å². The molecule has 7 heteroatoms. The number of hydrogen-bond donors (Lipinski definition) is 1. The van der Waals surface area contributed by atoms with E-state index in [2.05, 4.69) is 60.5 Å². The quantitative estimate of drug-likeness (QED) is 0.307. The highest BCUT2D eigenvalue weighted by molar-refractivity contribution is 6.30. The van der Waals surface area contributed by atoms with Crippen LogP contribution in [0.5, 0.6) is 0 Å². The second kappa shape index (κ2) is 11.7. The molecule has 38 heavy (non-hydrogen) atoms. The normalized spacial score (nSPS) is 13.4. The van der Waals surface area contributed by atoms with Gasteiger partial charge >= 0.3 is 6.03 Å². The Balaban J connectivity index is 1.36. The van der Waals surface area contributed by atoms with Crippen molar-refractivity contribution in [2.45, 2.75) is 26.7 Å². The van der Waals surface area contributed by atoms with Crippen LogP contribution in [0.25, 0.3) is 11.4 Å². The van der Waals surface area contributed by atoms with Crippen molar-refractivity contribution in [2.75, 3.05) is 36.4 Å². The standard InChI is InChI=1S/C31H32ClN5O/c1-3-23-9-15-27(16-10-23)34-31(38)37-19-17-36(18-20-37)30-28(21-24-7-5-4-6-8-24)22(2)33-29(35-30)25-11-13-26(32)14-12-25/h4-16H,3,17-21H2,1-2H3,(H,34,38). The molecule has 1 aliphatic rings. The second-order valence-electron chi connectivity index (χ2n) is 9.56. The van der Waals surface area contributed by atoms with Crippen molar-refractivity contribution in [1.82, 2.24) is 14.9 Å². The number of urea groups is 1. The summed E-state index contributed by atoms with van der Waals surface area (Å²) in [5.41, 5.74) is 6.28. The lowest BCUT2D eigenvalue weighted by Gasteiger charge is -2.36. The molecule has 2 amide bonds. The molecule has 3 aromatic carbocycles.